The minimum atomic E-state index is -0.316. The zero-order chi connectivity index (χ0) is 14.7. The number of nitro groups is 1. The number of para-hydroxylation sites is 1. The lowest BCUT2D eigenvalue weighted by Gasteiger charge is -2.06. The quantitative estimate of drug-likeness (QED) is 0.400. The van der Waals surface area contributed by atoms with Gasteiger partial charge in [0.2, 0.25) is 0 Å². The number of non-ortho nitro benzene ring substituents is 1. The smallest absolute Gasteiger partial charge is 0.293 e. The number of nitrogens with zero attached hydrogens (tertiary/aromatic N) is 2. The van der Waals surface area contributed by atoms with Crippen molar-refractivity contribution in [1.29, 1.82) is 0 Å². The summed E-state index contributed by atoms with van der Waals surface area (Å²) in [5.74, 6) is 0.875. The molecule has 0 atom stereocenters. The third-order valence-electron chi connectivity index (χ3n) is 3.31. The fourth-order valence-corrected chi connectivity index (χ4v) is 3.23. The Labute approximate surface area is 126 Å². The van der Waals surface area contributed by atoms with Crippen molar-refractivity contribution in [3.05, 3.63) is 70.9 Å². The summed E-state index contributed by atoms with van der Waals surface area (Å²) in [6.45, 7) is 0.744. The number of nitro benzene ring substituents is 1. The second kappa shape index (κ2) is 6.01. The first kappa shape index (κ1) is 13.7. The maximum Gasteiger partial charge on any atom is 0.293 e. The molecule has 21 heavy (non-hydrogen) atoms. The zero-order valence-electron chi connectivity index (χ0n) is 11.3. The molecule has 0 saturated carbocycles. The third kappa shape index (κ3) is 2.92. The highest BCUT2D eigenvalue weighted by Gasteiger charge is 2.14. The van der Waals surface area contributed by atoms with E-state index in [1.165, 1.54) is 4.90 Å². The van der Waals surface area contributed by atoms with E-state index in [4.69, 9.17) is 0 Å². The third-order valence-corrected chi connectivity index (χ3v) is 4.30. The van der Waals surface area contributed by atoms with E-state index in [-0.39, 0.29) is 10.6 Å². The fourth-order valence-electron chi connectivity index (χ4n) is 2.35. The summed E-state index contributed by atoms with van der Waals surface area (Å²) in [5.41, 5.74) is 0.873. The Bertz CT molecular complexity index is 768. The minimum Gasteiger partial charge on any atom is -0.341 e. The number of hydrogen-bond donors (Lipinski definition) is 0. The number of thioether (sulfide) groups is 1. The van der Waals surface area contributed by atoms with E-state index in [2.05, 4.69) is 12.1 Å². The van der Waals surface area contributed by atoms with Crippen LogP contribution in [0.5, 0.6) is 0 Å². The molecule has 0 aliphatic heterocycles. The molecular weight excluding hydrogens is 284 g/mol. The van der Waals surface area contributed by atoms with E-state index in [0.717, 1.165) is 17.7 Å². The van der Waals surface area contributed by atoms with Crippen molar-refractivity contribution in [2.75, 3.05) is 5.75 Å². The van der Waals surface area contributed by atoms with Crippen LogP contribution < -0.4 is 0 Å². The monoisotopic (exact) mass is 298 g/mol. The molecule has 2 aromatic carbocycles. The predicted molar refractivity (Wildman–Crippen MR) is 85.8 cm³/mol. The molecule has 0 aliphatic carbocycles. The lowest BCUT2D eigenvalue weighted by atomic mass is 10.2. The summed E-state index contributed by atoms with van der Waals surface area (Å²) in [6, 6.07) is 17.3. The molecule has 1 heterocycles. The maximum absolute atomic E-state index is 11.1. The van der Waals surface area contributed by atoms with Gasteiger partial charge in [-0.2, -0.15) is 0 Å². The van der Waals surface area contributed by atoms with Gasteiger partial charge < -0.3 is 4.57 Å². The molecule has 0 saturated heterocycles. The van der Waals surface area contributed by atoms with E-state index >= 15 is 0 Å². The normalized spacial score (nSPS) is 10.9. The van der Waals surface area contributed by atoms with Crippen LogP contribution in [-0.4, -0.2) is 15.2 Å². The molecule has 3 rings (SSSR count). The molecule has 4 nitrogen and oxygen atoms in total. The molecule has 0 unspecified atom stereocenters. The van der Waals surface area contributed by atoms with Gasteiger partial charge in [0.1, 0.15) is 5.52 Å². The molecule has 3 aromatic rings. The van der Waals surface area contributed by atoms with Gasteiger partial charge in [0.05, 0.1) is 4.92 Å². The maximum atomic E-state index is 11.1. The predicted octanol–water partition coefficient (Wildman–Crippen LogP) is 4.34. The Balaban J connectivity index is 1.80. The van der Waals surface area contributed by atoms with Gasteiger partial charge in [-0.05, 0) is 18.2 Å². The topological polar surface area (TPSA) is 48.1 Å². The van der Waals surface area contributed by atoms with Crippen LogP contribution in [0.4, 0.5) is 5.69 Å². The molecule has 0 fully saturated rings. The van der Waals surface area contributed by atoms with E-state index in [9.17, 15) is 10.1 Å². The lowest BCUT2D eigenvalue weighted by Crippen LogP contribution is -2.01. The molecule has 1 aromatic heterocycles. The van der Waals surface area contributed by atoms with Crippen LogP contribution >= 0.6 is 11.8 Å². The van der Waals surface area contributed by atoms with Crippen molar-refractivity contribution in [3.8, 4) is 0 Å². The highest BCUT2D eigenvalue weighted by Crippen LogP contribution is 2.27. The van der Waals surface area contributed by atoms with Crippen LogP contribution in [0.3, 0.4) is 0 Å². The number of aryl methyl sites for hydroxylation is 1. The Morgan fingerprint density at radius 2 is 1.86 bits per heavy atom. The first-order valence-electron chi connectivity index (χ1n) is 6.66. The van der Waals surface area contributed by atoms with Crippen molar-refractivity contribution in [2.24, 2.45) is 0 Å². The van der Waals surface area contributed by atoms with Gasteiger partial charge in [-0.25, -0.2) is 0 Å². The molecule has 0 amide bonds. The molecular formula is C16H14N2O2S. The Morgan fingerprint density at radius 3 is 2.62 bits per heavy atom. The van der Waals surface area contributed by atoms with Gasteiger partial charge in [0, 0.05) is 34.8 Å². The van der Waals surface area contributed by atoms with E-state index in [0.29, 0.717) is 5.52 Å². The average Bonchev–Trinajstić information content (AvgIpc) is 2.91. The second-order valence-electron chi connectivity index (χ2n) is 4.64. The Morgan fingerprint density at radius 1 is 1.05 bits per heavy atom. The van der Waals surface area contributed by atoms with Crippen molar-refractivity contribution in [1.82, 2.24) is 4.57 Å². The number of hydrogen-bond acceptors (Lipinski definition) is 3. The first-order valence-corrected chi connectivity index (χ1v) is 7.64. The van der Waals surface area contributed by atoms with Gasteiger partial charge in [-0.3, -0.25) is 10.1 Å². The van der Waals surface area contributed by atoms with Crippen LogP contribution in [0, 0.1) is 10.1 Å². The van der Waals surface area contributed by atoms with E-state index in [1.807, 2.05) is 41.1 Å². The molecule has 0 bridgehead atoms. The van der Waals surface area contributed by atoms with Crippen LogP contribution in [0.25, 0.3) is 10.9 Å². The summed E-state index contributed by atoms with van der Waals surface area (Å²) < 4.78 is 1.96. The Kier molecular flexibility index (Phi) is 3.92. The Hall–Kier alpha value is -2.27. The lowest BCUT2D eigenvalue weighted by molar-refractivity contribution is -0.383. The summed E-state index contributed by atoms with van der Waals surface area (Å²) >= 11 is 1.75. The van der Waals surface area contributed by atoms with Gasteiger partial charge in [-0.1, -0.05) is 30.3 Å². The molecule has 5 heteroatoms. The number of benzene rings is 2. The molecule has 0 N–H and O–H groups in total. The molecule has 0 aliphatic rings. The summed E-state index contributed by atoms with van der Waals surface area (Å²) in [4.78, 5) is 12.0. The first-order chi connectivity index (χ1) is 10.3. The number of aromatic nitrogens is 1. The van der Waals surface area contributed by atoms with Crippen molar-refractivity contribution in [2.45, 2.75) is 11.4 Å². The van der Waals surface area contributed by atoms with Gasteiger partial charge in [0.15, 0.2) is 0 Å². The van der Waals surface area contributed by atoms with Crippen LogP contribution in [0.15, 0.2) is 65.7 Å². The fraction of sp³-hybridized carbons (Fsp3) is 0.125. The zero-order valence-corrected chi connectivity index (χ0v) is 12.1. The van der Waals surface area contributed by atoms with E-state index < -0.39 is 0 Å². The highest BCUT2D eigenvalue weighted by atomic mass is 32.2. The molecule has 0 radical (unpaired) electrons. The standard InChI is InChI=1S/C16H14N2O2S/c19-18(20)15-8-4-5-13-9-10-17(16(13)15)11-12-21-14-6-2-1-3-7-14/h1-10H,11-12H2. The van der Waals surface area contributed by atoms with E-state index in [1.54, 1.807) is 23.9 Å². The van der Waals surface area contributed by atoms with Crippen LogP contribution in [-0.2, 0) is 6.54 Å². The van der Waals surface area contributed by atoms with Gasteiger partial charge >= 0.3 is 0 Å². The number of rotatable bonds is 5. The molecule has 0 spiro atoms. The molecule has 106 valence electrons. The van der Waals surface area contributed by atoms with Gasteiger partial charge in [0.25, 0.3) is 5.69 Å². The average molecular weight is 298 g/mol. The van der Waals surface area contributed by atoms with Crippen molar-refractivity contribution >= 4 is 28.4 Å². The summed E-state index contributed by atoms with van der Waals surface area (Å²) in [7, 11) is 0. The largest absolute Gasteiger partial charge is 0.341 e. The van der Waals surface area contributed by atoms with Crippen LogP contribution in [0.1, 0.15) is 0 Å². The summed E-state index contributed by atoms with van der Waals surface area (Å²) in [6.07, 6.45) is 1.92. The highest BCUT2D eigenvalue weighted by molar-refractivity contribution is 7.99. The second-order valence-corrected chi connectivity index (χ2v) is 5.81. The number of fused-ring (bicyclic) bond motifs is 1. The van der Waals surface area contributed by atoms with Crippen molar-refractivity contribution in [3.63, 3.8) is 0 Å². The SMILES string of the molecule is O=[N+]([O-])c1cccc2ccn(CCSc3ccccc3)c12. The van der Waals surface area contributed by atoms with Gasteiger partial charge in [-0.15, -0.1) is 11.8 Å². The van der Waals surface area contributed by atoms with Crippen LogP contribution in [0.2, 0.25) is 0 Å². The minimum absolute atomic E-state index is 0.169. The van der Waals surface area contributed by atoms with Crippen molar-refractivity contribution < 1.29 is 4.92 Å². The summed E-state index contributed by atoms with van der Waals surface area (Å²) in [5, 5.41) is 12.1.